The zero-order valence-corrected chi connectivity index (χ0v) is 17.7. The van der Waals surface area contributed by atoms with E-state index in [0.29, 0.717) is 22.0 Å². The minimum atomic E-state index is -0.221. The largest absolute Gasteiger partial charge is 0.325 e. The first-order valence-electron chi connectivity index (χ1n) is 9.07. The number of hydrogen-bond donors (Lipinski definition) is 2. The first kappa shape index (κ1) is 21.0. The van der Waals surface area contributed by atoms with E-state index in [9.17, 15) is 9.59 Å². The average Bonchev–Trinajstić information content (AvgIpc) is 2.70. The molecule has 0 aliphatic heterocycles. The second-order valence-electron chi connectivity index (χ2n) is 6.64. The van der Waals surface area contributed by atoms with Crippen LogP contribution in [0.15, 0.2) is 71.6 Å². The van der Waals surface area contributed by atoms with Crippen LogP contribution < -0.4 is 10.6 Å². The highest BCUT2D eigenvalue weighted by Gasteiger charge is 2.08. The van der Waals surface area contributed by atoms with Crippen LogP contribution >= 0.6 is 23.4 Å². The summed E-state index contributed by atoms with van der Waals surface area (Å²) in [6.45, 7) is 3.97. The minimum absolute atomic E-state index is 0.0537. The van der Waals surface area contributed by atoms with Crippen LogP contribution in [-0.2, 0) is 4.79 Å². The molecule has 0 fully saturated rings. The predicted molar refractivity (Wildman–Crippen MR) is 121 cm³/mol. The van der Waals surface area contributed by atoms with Crippen molar-refractivity contribution in [3.8, 4) is 0 Å². The molecule has 0 spiro atoms. The summed E-state index contributed by atoms with van der Waals surface area (Å²) in [5.74, 6) is 0.0320. The Morgan fingerprint density at radius 1 is 0.931 bits per heavy atom. The molecule has 0 aliphatic carbocycles. The number of halogens is 1. The van der Waals surface area contributed by atoms with E-state index in [4.69, 9.17) is 11.6 Å². The summed E-state index contributed by atoms with van der Waals surface area (Å²) in [5, 5.41) is 6.31. The van der Waals surface area contributed by atoms with Gasteiger partial charge in [0.05, 0.1) is 5.75 Å². The van der Waals surface area contributed by atoms with Crippen LogP contribution in [0.25, 0.3) is 0 Å². The Kier molecular flexibility index (Phi) is 6.96. The number of thioether (sulfide) groups is 1. The highest BCUT2D eigenvalue weighted by molar-refractivity contribution is 8.00. The molecule has 148 valence electrons. The van der Waals surface area contributed by atoms with Crippen LogP contribution in [0.5, 0.6) is 0 Å². The summed E-state index contributed by atoms with van der Waals surface area (Å²) in [6, 6.07) is 20.2. The molecule has 6 heteroatoms. The molecule has 2 amide bonds. The van der Waals surface area contributed by atoms with E-state index in [1.165, 1.54) is 11.8 Å². The molecule has 3 aromatic rings. The van der Waals surface area contributed by atoms with Crippen LogP contribution in [0.1, 0.15) is 21.5 Å². The zero-order chi connectivity index (χ0) is 20.8. The maximum atomic E-state index is 12.3. The molecule has 29 heavy (non-hydrogen) atoms. The van der Waals surface area contributed by atoms with Gasteiger partial charge >= 0.3 is 0 Å². The van der Waals surface area contributed by atoms with Crippen molar-refractivity contribution in [3.05, 3.63) is 88.4 Å². The van der Waals surface area contributed by atoms with E-state index in [0.717, 1.165) is 21.7 Å². The monoisotopic (exact) mass is 424 g/mol. The van der Waals surface area contributed by atoms with E-state index in [1.54, 1.807) is 24.3 Å². The molecule has 4 nitrogen and oxygen atoms in total. The quantitative estimate of drug-likeness (QED) is 0.481. The Bertz CT molecular complexity index is 1040. The van der Waals surface area contributed by atoms with Gasteiger partial charge in [-0.05, 0) is 73.5 Å². The zero-order valence-electron chi connectivity index (χ0n) is 16.2. The smallest absolute Gasteiger partial charge is 0.255 e. The lowest BCUT2D eigenvalue weighted by Crippen LogP contribution is -2.15. The van der Waals surface area contributed by atoms with Crippen molar-refractivity contribution in [2.24, 2.45) is 0 Å². The van der Waals surface area contributed by atoms with E-state index in [1.807, 2.05) is 56.3 Å². The van der Waals surface area contributed by atoms with Gasteiger partial charge in [0.25, 0.3) is 5.91 Å². The van der Waals surface area contributed by atoms with Crippen LogP contribution in [0.2, 0.25) is 5.02 Å². The number of benzene rings is 3. The summed E-state index contributed by atoms with van der Waals surface area (Å²) in [5.41, 5.74) is 4.16. The lowest BCUT2D eigenvalue weighted by Gasteiger charge is -2.10. The van der Waals surface area contributed by atoms with Gasteiger partial charge in [0.15, 0.2) is 0 Å². The average molecular weight is 425 g/mol. The maximum absolute atomic E-state index is 12.3. The molecule has 0 aliphatic rings. The Morgan fingerprint density at radius 2 is 1.69 bits per heavy atom. The molecule has 0 saturated heterocycles. The first-order chi connectivity index (χ1) is 13.9. The summed E-state index contributed by atoms with van der Waals surface area (Å²) < 4.78 is 0. The lowest BCUT2D eigenvalue weighted by molar-refractivity contribution is -0.113. The van der Waals surface area contributed by atoms with E-state index in [2.05, 4.69) is 10.6 Å². The van der Waals surface area contributed by atoms with Gasteiger partial charge in [-0.1, -0.05) is 29.8 Å². The summed E-state index contributed by atoms with van der Waals surface area (Å²) >= 11 is 7.37. The summed E-state index contributed by atoms with van der Waals surface area (Å²) in [6.07, 6.45) is 0. The predicted octanol–water partition coefficient (Wildman–Crippen LogP) is 5.94. The van der Waals surface area contributed by atoms with Gasteiger partial charge < -0.3 is 10.6 Å². The fourth-order valence-corrected chi connectivity index (χ4v) is 3.56. The molecule has 0 atom stereocenters. The number of amides is 2. The van der Waals surface area contributed by atoms with Crippen molar-refractivity contribution in [3.63, 3.8) is 0 Å². The SMILES string of the molecule is Cc1ccc(C)c(NC(=O)CSc2ccc(NC(=O)c3cccc(Cl)c3)cc2)c1. The fraction of sp³-hybridized carbons (Fsp3) is 0.130. The van der Waals surface area contributed by atoms with E-state index < -0.39 is 0 Å². The molecular weight excluding hydrogens is 404 g/mol. The normalized spacial score (nSPS) is 10.4. The van der Waals surface area contributed by atoms with Gasteiger partial charge in [0, 0.05) is 26.9 Å². The van der Waals surface area contributed by atoms with Crippen molar-refractivity contribution in [1.82, 2.24) is 0 Å². The summed E-state index contributed by atoms with van der Waals surface area (Å²) in [4.78, 5) is 25.5. The molecule has 0 bridgehead atoms. The number of rotatable bonds is 6. The Labute approximate surface area is 179 Å². The van der Waals surface area contributed by atoms with Gasteiger partial charge in [-0.3, -0.25) is 9.59 Å². The third kappa shape index (κ3) is 6.11. The van der Waals surface area contributed by atoms with Gasteiger partial charge in [0.1, 0.15) is 0 Å². The Morgan fingerprint density at radius 3 is 2.41 bits per heavy atom. The molecule has 2 N–H and O–H groups in total. The van der Waals surface area contributed by atoms with Crippen molar-refractivity contribution in [2.45, 2.75) is 18.7 Å². The van der Waals surface area contributed by atoms with Crippen LogP contribution in [-0.4, -0.2) is 17.6 Å². The Balaban J connectivity index is 1.53. The first-order valence-corrected chi connectivity index (χ1v) is 10.4. The van der Waals surface area contributed by atoms with Gasteiger partial charge in [0.2, 0.25) is 5.91 Å². The second kappa shape index (κ2) is 9.63. The van der Waals surface area contributed by atoms with Crippen molar-refractivity contribution in [2.75, 3.05) is 16.4 Å². The van der Waals surface area contributed by atoms with Crippen molar-refractivity contribution < 1.29 is 9.59 Å². The maximum Gasteiger partial charge on any atom is 0.255 e. The lowest BCUT2D eigenvalue weighted by atomic mass is 10.1. The van der Waals surface area contributed by atoms with Crippen LogP contribution in [0, 0.1) is 13.8 Å². The summed E-state index contributed by atoms with van der Waals surface area (Å²) in [7, 11) is 0. The van der Waals surface area contributed by atoms with Crippen LogP contribution in [0.3, 0.4) is 0 Å². The number of carbonyl (C=O) groups is 2. The molecule has 3 aromatic carbocycles. The highest BCUT2D eigenvalue weighted by atomic mass is 35.5. The van der Waals surface area contributed by atoms with E-state index >= 15 is 0 Å². The molecule has 0 unspecified atom stereocenters. The fourth-order valence-electron chi connectivity index (χ4n) is 2.67. The van der Waals surface area contributed by atoms with Crippen molar-refractivity contribution in [1.29, 1.82) is 0 Å². The third-order valence-corrected chi connectivity index (χ3v) is 5.48. The van der Waals surface area contributed by atoms with E-state index in [-0.39, 0.29) is 11.8 Å². The topological polar surface area (TPSA) is 58.2 Å². The molecule has 0 saturated carbocycles. The van der Waals surface area contributed by atoms with Gasteiger partial charge in [-0.2, -0.15) is 0 Å². The Hall–Kier alpha value is -2.76. The number of carbonyl (C=O) groups excluding carboxylic acids is 2. The van der Waals surface area contributed by atoms with Crippen molar-refractivity contribution >= 4 is 46.6 Å². The number of aryl methyl sites for hydroxylation is 2. The van der Waals surface area contributed by atoms with Crippen LogP contribution in [0.4, 0.5) is 11.4 Å². The standard InChI is InChI=1S/C23H21ClN2O2S/c1-15-6-7-16(2)21(12-15)26-22(27)14-29-20-10-8-19(9-11-20)25-23(28)17-4-3-5-18(24)13-17/h3-13H,14H2,1-2H3,(H,25,28)(H,26,27). The third-order valence-electron chi connectivity index (χ3n) is 4.24. The van der Waals surface area contributed by atoms with Gasteiger partial charge in [-0.15, -0.1) is 11.8 Å². The number of hydrogen-bond acceptors (Lipinski definition) is 3. The molecule has 0 heterocycles. The van der Waals surface area contributed by atoms with Gasteiger partial charge in [-0.25, -0.2) is 0 Å². The minimum Gasteiger partial charge on any atom is -0.325 e. The molecule has 0 aromatic heterocycles. The number of nitrogens with one attached hydrogen (secondary N) is 2. The molecule has 0 radical (unpaired) electrons. The number of anilines is 2. The molecular formula is C23H21ClN2O2S. The second-order valence-corrected chi connectivity index (χ2v) is 8.13. The highest BCUT2D eigenvalue weighted by Crippen LogP contribution is 2.22. The molecule has 3 rings (SSSR count).